The summed E-state index contributed by atoms with van der Waals surface area (Å²) in [6.07, 6.45) is 0.749. The first-order valence-corrected chi connectivity index (χ1v) is 8.62. The van der Waals surface area contributed by atoms with Crippen molar-refractivity contribution in [1.29, 1.82) is 0 Å². The summed E-state index contributed by atoms with van der Waals surface area (Å²) < 4.78 is 11.3. The van der Waals surface area contributed by atoms with Crippen molar-refractivity contribution >= 4 is 11.6 Å². The third-order valence-corrected chi connectivity index (χ3v) is 3.76. The van der Waals surface area contributed by atoms with Gasteiger partial charge in [-0.15, -0.1) is 0 Å². The minimum Gasteiger partial charge on any atom is -0.491 e. The fourth-order valence-electron chi connectivity index (χ4n) is 2.52. The number of benzene rings is 1. The van der Waals surface area contributed by atoms with Gasteiger partial charge in [0.1, 0.15) is 30.8 Å². The molecule has 0 radical (unpaired) electrons. The van der Waals surface area contributed by atoms with E-state index in [1.54, 1.807) is 11.0 Å². The summed E-state index contributed by atoms with van der Waals surface area (Å²) in [5.74, 6) is 1.41. The molecule has 0 saturated heterocycles. The molecule has 1 aliphatic rings. The zero-order chi connectivity index (χ0) is 17.5. The van der Waals surface area contributed by atoms with Crippen LogP contribution in [0.2, 0.25) is 0 Å². The number of carbonyl (C=O) groups excluding carboxylic acids is 1. The van der Waals surface area contributed by atoms with Crippen molar-refractivity contribution in [2.45, 2.75) is 45.8 Å². The van der Waals surface area contributed by atoms with E-state index in [1.165, 1.54) is 0 Å². The number of aliphatic hydroxyl groups is 1. The van der Waals surface area contributed by atoms with Gasteiger partial charge in [0.25, 0.3) is 0 Å². The second kappa shape index (κ2) is 8.89. The molecule has 134 valence electrons. The Bertz CT molecular complexity index is 548. The average molecular weight is 336 g/mol. The van der Waals surface area contributed by atoms with Crippen molar-refractivity contribution in [3.05, 3.63) is 18.2 Å². The normalized spacial score (nSPS) is 15.0. The van der Waals surface area contributed by atoms with Gasteiger partial charge in [0.15, 0.2) is 0 Å². The Balaban J connectivity index is 2.01. The number of hydrogen-bond donors (Lipinski definition) is 2. The van der Waals surface area contributed by atoms with Crippen LogP contribution in [0.25, 0.3) is 0 Å². The molecule has 1 atom stereocenters. The van der Waals surface area contributed by atoms with Crippen LogP contribution in [-0.2, 0) is 4.79 Å². The highest BCUT2D eigenvalue weighted by Crippen LogP contribution is 2.35. The summed E-state index contributed by atoms with van der Waals surface area (Å²) in [7, 11) is 0. The molecule has 0 bridgehead atoms. The predicted octanol–water partition coefficient (Wildman–Crippen LogP) is 1.95. The molecule has 1 aromatic rings. The zero-order valence-corrected chi connectivity index (χ0v) is 14.7. The van der Waals surface area contributed by atoms with Gasteiger partial charge in [-0.05, 0) is 18.6 Å². The first-order valence-electron chi connectivity index (χ1n) is 8.62. The van der Waals surface area contributed by atoms with Crippen LogP contribution in [0.15, 0.2) is 18.2 Å². The SMILES string of the molecule is CCCC(=O)N1CCOc2ccc(OCC(O)CNC(C)C)cc21. The van der Waals surface area contributed by atoms with Crippen LogP contribution in [0.4, 0.5) is 5.69 Å². The Hall–Kier alpha value is -1.79. The lowest BCUT2D eigenvalue weighted by Gasteiger charge is -2.30. The molecule has 0 fully saturated rings. The Labute approximate surface area is 143 Å². The topological polar surface area (TPSA) is 71.0 Å². The molecular formula is C18H28N2O4. The van der Waals surface area contributed by atoms with Crippen molar-refractivity contribution in [2.24, 2.45) is 0 Å². The smallest absolute Gasteiger partial charge is 0.227 e. The highest BCUT2D eigenvalue weighted by atomic mass is 16.5. The minimum atomic E-state index is -0.586. The minimum absolute atomic E-state index is 0.0976. The van der Waals surface area contributed by atoms with Gasteiger partial charge >= 0.3 is 0 Å². The number of amides is 1. The Kier molecular flexibility index (Phi) is 6.87. The van der Waals surface area contributed by atoms with Gasteiger partial charge in [0.2, 0.25) is 5.91 Å². The maximum Gasteiger partial charge on any atom is 0.227 e. The van der Waals surface area contributed by atoms with Crippen molar-refractivity contribution in [2.75, 3.05) is 31.2 Å². The number of anilines is 1. The number of fused-ring (bicyclic) bond motifs is 1. The van der Waals surface area contributed by atoms with Crippen LogP contribution >= 0.6 is 0 Å². The number of ether oxygens (including phenoxy) is 2. The molecule has 1 heterocycles. The highest BCUT2D eigenvalue weighted by Gasteiger charge is 2.23. The van der Waals surface area contributed by atoms with E-state index in [1.807, 2.05) is 32.9 Å². The number of hydrogen-bond acceptors (Lipinski definition) is 5. The lowest BCUT2D eigenvalue weighted by molar-refractivity contribution is -0.118. The molecule has 1 aliphatic heterocycles. The van der Waals surface area contributed by atoms with Gasteiger partial charge in [-0.3, -0.25) is 4.79 Å². The Morgan fingerprint density at radius 2 is 2.25 bits per heavy atom. The monoisotopic (exact) mass is 336 g/mol. The van der Waals surface area contributed by atoms with E-state index in [0.717, 1.165) is 12.1 Å². The number of rotatable bonds is 8. The molecule has 0 aromatic heterocycles. The van der Waals surface area contributed by atoms with E-state index in [2.05, 4.69) is 5.32 Å². The van der Waals surface area contributed by atoms with Gasteiger partial charge in [-0.25, -0.2) is 0 Å². The molecule has 24 heavy (non-hydrogen) atoms. The molecule has 1 amide bonds. The standard InChI is InChI=1S/C18H28N2O4/c1-4-5-18(22)20-8-9-23-17-7-6-15(10-16(17)20)24-12-14(21)11-19-13(2)3/h6-7,10,13-14,19,21H,4-5,8-9,11-12H2,1-3H3. The molecule has 1 aromatic carbocycles. The van der Waals surface area contributed by atoms with E-state index in [0.29, 0.717) is 43.7 Å². The summed E-state index contributed by atoms with van der Waals surface area (Å²) in [4.78, 5) is 14.0. The van der Waals surface area contributed by atoms with Crippen molar-refractivity contribution in [3.8, 4) is 11.5 Å². The van der Waals surface area contributed by atoms with Crippen LogP contribution < -0.4 is 19.7 Å². The summed E-state index contributed by atoms with van der Waals surface area (Å²) in [5, 5.41) is 13.1. The van der Waals surface area contributed by atoms with Crippen molar-refractivity contribution < 1.29 is 19.4 Å². The van der Waals surface area contributed by atoms with Crippen molar-refractivity contribution in [1.82, 2.24) is 5.32 Å². The van der Waals surface area contributed by atoms with E-state index in [4.69, 9.17) is 9.47 Å². The van der Waals surface area contributed by atoms with Gasteiger partial charge in [-0.1, -0.05) is 20.8 Å². The lowest BCUT2D eigenvalue weighted by Crippen LogP contribution is -2.37. The average Bonchev–Trinajstić information content (AvgIpc) is 2.57. The van der Waals surface area contributed by atoms with E-state index in [9.17, 15) is 9.90 Å². The largest absolute Gasteiger partial charge is 0.491 e. The number of nitrogens with one attached hydrogen (secondary N) is 1. The van der Waals surface area contributed by atoms with Crippen molar-refractivity contribution in [3.63, 3.8) is 0 Å². The molecule has 0 spiro atoms. The first kappa shape index (κ1) is 18.5. The first-order chi connectivity index (χ1) is 11.5. The molecule has 2 rings (SSSR count). The second-order valence-corrected chi connectivity index (χ2v) is 6.30. The van der Waals surface area contributed by atoms with Crippen LogP contribution in [0, 0.1) is 0 Å². The van der Waals surface area contributed by atoms with Crippen LogP contribution in [0.3, 0.4) is 0 Å². The number of carbonyl (C=O) groups is 1. The van der Waals surface area contributed by atoms with Crippen LogP contribution in [0.5, 0.6) is 11.5 Å². The third kappa shape index (κ3) is 5.11. The van der Waals surface area contributed by atoms with Gasteiger partial charge in [0, 0.05) is 25.1 Å². The molecular weight excluding hydrogens is 308 g/mol. The lowest BCUT2D eigenvalue weighted by atomic mass is 10.2. The highest BCUT2D eigenvalue weighted by molar-refractivity contribution is 5.95. The van der Waals surface area contributed by atoms with Gasteiger partial charge in [-0.2, -0.15) is 0 Å². The fourth-order valence-corrected chi connectivity index (χ4v) is 2.52. The zero-order valence-electron chi connectivity index (χ0n) is 14.7. The molecule has 6 nitrogen and oxygen atoms in total. The molecule has 6 heteroatoms. The van der Waals surface area contributed by atoms with E-state index < -0.39 is 6.10 Å². The predicted molar refractivity (Wildman–Crippen MR) is 93.8 cm³/mol. The molecule has 2 N–H and O–H groups in total. The maximum atomic E-state index is 12.3. The van der Waals surface area contributed by atoms with E-state index in [-0.39, 0.29) is 12.5 Å². The Morgan fingerprint density at radius 3 is 2.96 bits per heavy atom. The van der Waals surface area contributed by atoms with E-state index >= 15 is 0 Å². The third-order valence-electron chi connectivity index (χ3n) is 3.76. The molecule has 0 saturated carbocycles. The van der Waals surface area contributed by atoms with Crippen LogP contribution in [-0.4, -0.2) is 49.5 Å². The summed E-state index contributed by atoms with van der Waals surface area (Å²) >= 11 is 0. The summed E-state index contributed by atoms with van der Waals surface area (Å²) in [6, 6.07) is 5.74. The second-order valence-electron chi connectivity index (χ2n) is 6.30. The summed E-state index contributed by atoms with van der Waals surface area (Å²) in [6.45, 7) is 7.77. The summed E-state index contributed by atoms with van der Waals surface area (Å²) in [5.41, 5.74) is 0.743. The van der Waals surface area contributed by atoms with Gasteiger partial charge < -0.3 is 24.8 Å². The number of aliphatic hydroxyl groups excluding tert-OH is 1. The molecule has 0 aliphatic carbocycles. The van der Waals surface area contributed by atoms with Gasteiger partial charge in [0.05, 0.1) is 12.2 Å². The Morgan fingerprint density at radius 1 is 1.46 bits per heavy atom. The maximum absolute atomic E-state index is 12.3. The molecule has 1 unspecified atom stereocenters. The van der Waals surface area contributed by atoms with Crippen LogP contribution in [0.1, 0.15) is 33.6 Å². The number of nitrogens with zero attached hydrogens (tertiary/aromatic N) is 1. The fraction of sp³-hybridized carbons (Fsp3) is 0.611. The quantitative estimate of drug-likeness (QED) is 0.759.